The minimum Gasteiger partial charge on any atom is -0.323 e. The molecule has 5 nitrogen and oxygen atoms in total. The summed E-state index contributed by atoms with van der Waals surface area (Å²) < 4.78 is 12.7. The SMILES string of the molecule is FCc1ccc(-c2cc(Nc3ccnc(Cl)n3)n[nH]2)cc1Cl. The number of nitrogens with one attached hydrogen (secondary N) is 2. The molecule has 0 spiro atoms. The van der Waals surface area contributed by atoms with Crippen molar-refractivity contribution >= 4 is 34.8 Å². The molecule has 0 aliphatic rings. The lowest BCUT2D eigenvalue weighted by molar-refractivity contribution is 0.485. The largest absolute Gasteiger partial charge is 0.323 e. The molecule has 0 fully saturated rings. The number of alkyl halides is 1. The molecule has 0 aliphatic heterocycles. The Morgan fingerprint density at radius 1 is 1.14 bits per heavy atom. The van der Waals surface area contributed by atoms with Crippen LogP contribution in [0.1, 0.15) is 5.56 Å². The van der Waals surface area contributed by atoms with Crippen LogP contribution in [-0.2, 0) is 6.67 Å². The van der Waals surface area contributed by atoms with Crippen molar-refractivity contribution in [2.45, 2.75) is 6.67 Å². The summed E-state index contributed by atoms with van der Waals surface area (Å²) >= 11 is 11.7. The van der Waals surface area contributed by atoms with Gasteiger partial charge in [0, 0.05) is 28.4 Å². The van der Waals surface area contributed by atoms with Gasteiger partial charge in [0.2, 0.25) is 5.28 Å². The molecule has 0 saturated carbocycles. The second kappa shape index (κ2) is 6.29. The van der Waals surface area contributed by atoms with E-state index < -0.39 is 6.67 Å². The van der Waals surface area contributed by atoms with Gasteiger partial charge in [-0.3, -0.25) is 5.10 Å². The summed E-state index contributed by atoms with van der Waals surface area (Å²) in [5.41, 5.74) is 2.01. The van der Waals surface area contributed by atoms with Crippen LogP contribution >= 0.6 is 23.2 Å². The van der Waals surface area contributed by atoms with E-state index in [0.717, 1.165) is 11.3 Å². The summed E-state index contributed by atoms with van der Waals surface area (Å²) in [4.78, 5) is 7.81. The maximum atomic E-state index is 12.7. The van der Waals surface area contributed by atoms with E-state index in [0.29, 0.717) is 22.2 Å². The Bertz CT molecular complexity index is 805. The monoisotopic (exact) mass is 337 g/mol. The first-order valence-electron chi connectivity index (χ1n) is 6.31. The Labute approximate surface area is 135 Å². The van der Waals surface area contributed by atoms with Crippen LogP contribution in [-0.4, -0.2) is 20.2 Å². The van der Waals surface area contributed by atoms with Gasteiger partial charge in [-0.25, -0.2) is 14.4 Å². The van der Waals surface area contributed by atoms with E-state index in [1.807, 2.05) is 0 Å². The first-order chi connectivity index (χ1) is 10.7. The molecule has 112 valence electrons. The molecule has 1 aromatic carbocycles. The van der Waals surface area contributed by atoms with Gasteiger partial charge in [-0.05, 0) is 23.7 Å². The number of rotatable bonds is 4. The van der Waals surface area contributed by atoms with Crippen LogP contribution in [0.3, 0.4) is 0 Å². The van der Waals surface area contributed by atoms with E-state index in [-0.39, 0.29) is 5.28 Å². The topological polar surface area (TPSA) is 66.5 Å². The number of benzene rings is 1. The molecule has 3 aromatic rings. The summed E-state index contributed by atoms with van der Waals surface area (Å²) in [5, 5.41) is 10.5. The Kier molecular flexibility index (Phi) is 4.22. The van der Waals surface area contributed by atoms with E-state index in [1.54, 1.807) is 36.5 Å². The minimum atomic E-state index is -0.594. The smallest absolute Gasteiger partial charge is 0.224 e. The standard InChI is InChI=1S/C14H10Cl2FN5/c15-10-5-8(1-2-9(10)7-17)11-6-13(22-21-11)19-12-3-4-18-14(16)20-12/h1-6H,7H2,(H2,18,19,20,21,22). The number of aromatic nitrogens is 4. The molecule has 0 unspecified atom stereocenters. The quantitative estimate of drug-likeness (QED) is 0.693. The number of hydrogen-bond acceptors (Lipinski definition) is 4. The number of aromatic amines is 1. The van der Waals surface area contributed by atoms with Crippen molar-refractivity contribution in [3.05, 3.63) is 52.4 Å². The molecule has 2 heterocycles. The number of H-pyrrole nitrogens is 1. The van der Waals surface area contributed by atoms with Crippen molar-refractivity contribution in [2.24, 2.45) is 0 Å². The Balaban J connectivity index is 1.83. The van der Waals surface area contributed by atoms with Crippen molar-refractivity contribution < 1.29 is 4.39 Å². The van der Waals surface area contributed by atoms with E-state index in [9.17, 15) is 4.39 Å². The number of anilines is 2. The second-order valence-corrected chi connectivity index (χ2v) is 5.19. The van der Waals surface area contributed by atoms with Gasteiger partial charge in [-0.15, -0.1) is 0 Å². The lowest BCUT2D eigenvalue weighted by Crippen LogP contribution is -1.94. The lowest BCUT2D eigenvalue weighted by Gasteiger charge is -2.02. The molecule has 22 heavy (non-hydrogen) atoms. The van der Waals surface area contributed by atoms with Gasteiger partial charge in [0.05, 0.1) is 5.69 Å². The second-order valence-electron chi connectivity index (χ2n) is 4.44. The third kappa shape index (κ3) is 3.18. The highest BCUT2D eigenvalue weighted by molar-refractivity contribution is 6.31. The van der Waals surface area contributed by atoms with Crippen LogP contribution in [0.4, 0.5) is 16.0 Å². The van der Waals surface area contributed by atoms with Gasteiger partial charge in [-0.1, -0.05) is 23.7 Å². The highest BCUT2D eigenvalue weighted by Gasteiger charge is 2.08. The molecule has 8 heteroatoms. The molecule has 0 aliphatic carbocycles. The van der Waals surface area contributed by atoms with E-state index in [4.69, 9.17) is 23.2 Å². The third-order valence-corrected chi connectivity index (χ3v) is 3.50. The highest BCUT2D eigenvalue weighted by Crippen LogP contribution is 2.27. The molecule has 0 atom stereocenters. The van der Waals surface area contributed by atoms with Gasteiger partial charge in [0.1, 0.15) is 12.5 Å². The van der Waals surface area contributed by atoms with Crippen LogP contribution < -0.4 is 5.32 Å². The molecule has 0 radical (unpaired) electrons. The zero-order valence-electron chi connectivity index (χ0n) is 11.1. The van der Waals surface area contributed by atoms with E-state index in [2.05, 4.69) is 25.5 Å². The average Bonchev–Trinajstić information content (AvgIpc) is 2.95. The van der Waals surface area contributed by atoms with Crippen molar-refractivity contribution in [3.8, 4) is 11.3 Å². The summed E-state index contributed by atoms with van der Waals surface area (Å²) in [7, 11) is 0. The van der Waals surface area contributed by atoms with Gasteiger partial charge in [0.15, 0.2) is 5.82 Å². The summed E-state index contributed by atoms with van der Waals surface area (Å²) in [6.45, 7) is -0.594. The van der Waals surface area contributed by atoms with Crippen molar-refractivity contribution in [1.82, 2.24) is 20.2 Å². The minimum absolute atomic E-state index is 0.148. The van der Waals surface area contributed by atoms with Gasteiger partial charge in [-0.2, -0.15) is 5.10 Å². The Morgan fingerprint density at radius 3 is 2.73 bits per heavy atom. The maximum absolute atomic E-state index is 12.7. The normalized spacial score (nSPS) is 10.7. The summed E-state index contributed by atoms with van der Waals surface area (Å²) in [5.74, 6) is 1.10. The Morgan fingerprint density at radius 2 is 2.00 bits per heavy atom. The van der Waals surface area contributed by atoms with Crippen LogP contribution in [0.15, 0.2) is 36.5 Å². The van der Waals surface area contributed by atoms with Crippen LogP contribution in [0, 0.1) is 0 Å². The predicted octanol–water partition coefficient (Wildman–Crippen LogP) is 4.39. The molecule has 0 saturated heterocycles. The fraction of sp³-hybridized carbons (Fsp3) is 0.0714. The van der Waals surface area contributed by atoms with Gasteiger partial charge in [0.25, 0.3) is 0 Å². The maximum Gasteiger partial charge on any atom is 0.224 e. The highest BCUT2D eigenvalue weighted by atomic mass is 35.5. The number of hydrogen-bond donors (Lipinski definition) is 2. The fourth-order valence-corrected chi connectivity index (χ4v) is 2.27. The molecule has 2 aromatic heterocycles. The van der Waals surface area contributed by atoms with E-state index in [1.165, 1.54) is 0 Å². The van der Waals surface area contributed by atoms with Gasteiger partial charge < -0.3 is 5.32 Å². The molecule has 0 amide bonds. The van der Waals surface area contributed by atoms with Crippen LogP contribution in [0.5, 0.6) is 0 Å². The molecular formula is C14H10Cl2FN5. The van der Waals surface area contributed by atoms with Gasteiger partial charge >= 0.3 is 0 Å². The first-order valence-corrected chi connectivity index (χ1v) is 7.07. The van der Waals surface area contributed by atoms with Crippen LogP contribution in [0.25, 0.3) is 11.3 Å². The number of nitrogens with zero attached hydrogens (tertiary/aromatic N) is 3. The predicted molar refractivity (Wildman–Crippen MR) is 84.2 cm³/mol. The first kappa shape index (κ1) is 14.7. The van der Waals surface area contributed by atoms with Crippen LogP contribution in [0.2, 0.25) is 10.3 Å². The third-order valence-electron chi connectivity index (χ3n) is 2.97. The van der Waals surface area contributed by atoms with Crippen molar-refractivity contribution in [2.75, 3.05) is 5.32 Å². The average molecular weight is 338 g/mol. The zero-order valence-corrected chi connectivity index (χ0v) is 12.7. The fourth-order valence-electron chi connectivity index (χ4n) is 1.89. The molecule has 0 bridgehead atoms. The van der Waals surface area contributed by atoms with Crippen molar-refractivity contribution in [3.63, 3.8) is 0 Å². The molecule has 3 rings (SSSR count). The Hall–Kier alpha value is -2.18. The number of halogens is 3. The summed E-state index contributed by atoms with van der Waals surface area (Å²) in [6, 6.07) is 8.58. The summed E-state index contributed by atoms with van der Waals surface area (Å²) in [6.07, 6.45) is 1.54. The lowest BCUT2D eigenvalue weighted by atomic mass is 10.1. The molecular weight excluding hydrogens is 328 g/mol. The van der Waals surface area contributed by atoms with E-state index >= 15 is 0 Å². The van der Waals surface area contributed by atoms with Crippen molar-refractivity contribution in [1.29, 1.82) is 0 Å². The zero-order chi connectivity index (χ0) is 15.5. The molecule has 2 N–H and O–H groups in total.